The van der Waals surface area contributed by atoms with Crippen LogP contribution in [0.25, 0.3) is 0 Å². The fraction of sp³-hybridized carbons (Fsp3) is 1.00. The van der Waals surface area contributed by atoms with E-state index in [-0.39, 0.29) is 0 Å². The summed E-state index contributed by atoms with van der Waals surface area (Å²) in [7, 11) is 0. The zero-order valence-corrected chi connectivity index (χ0v) is 10.5. The summed E-state index contributed by atoms with van der Waals surface area (Å²) in [4.78, 5) is 0. The lowest BCUT2D eigenvalue weighted by Crippen LogP contribution is -1.99. The Morgan fingerprint density at radius 2 is 1.31 bits per heavy atom. The first kappa shape index (κ1) is 13.7. The molecular weight excluding hydrogens is 200 g/mol. The highest BCUT2D eigenvalue weighted by Crippen LogP contribution is 2.02. The Morgan fingerprint density at radius 3 is 1.69 bits per heavy atom. The average Bonchev–Trinajstić information content (AvgIpc) is 2.16. The van der Waals surface area contributed by atoms with Gasteiger partial charge >= 0.3 is 0 Å². The molecule has 0 N–H and O–H groups in total. The maximum atomic E-state index is 5.50. The van der Waals surface area contributed by atoms with Gasteiger partial charge in [0.2, 0.25) is 0 Å². The number of hydrogen-bond acceptors (Lipinski definition) is 3. The van der Waals surface area contributed by atoms with Gasteiger partial charge in [-0.2, -0.15) is 23.5 Å². The zero-order valence-electron chi connectivity index (χ0n) is 8.88. The lowest BCUT2D eigenvalue weighted by molar-refractivity contribution is 0.137. The van der Waals surface area contributed by atoms with Gasteiger partial charge in [0.05, 0.1) is 0 Å². The zero-order chi connectivity index (χ0) is 9.78. The molecule has 13 heavy (non-hydrogen) atoms. The molecule has 0 aliphatic rings. The Bertz CT molecular complexity index is 79.0. The van der Waals surface area contributed by atoms with E-state index in [4.69, 9.17) is 4.74 Å². The van der Waals surface area contributed by atoms with Gasteiger partial charge in [-0.15, -0.1) is 0 Å². The van der Waals surface area contributed by atoms with E-state index in [2.05, 4.69) is 13.8 Å². The van der Waals surface area contributed by atoms with Crippen molar-refractivity contribution in [1.82, 2.24) is 0 Å². The van der Waals surface area contributed by atoms with Crippen LogP contribution < -0.4 is 0 Å². The monoisotopic (exact) mass is 222 g/mol. The van der Waals surface area contributed by atoms with Crippen LogP contribution in [-0.4, -0.2) is 36.2 Å². The third kappa shape index (κ3) is 12.7. The number of ether oxygens (including phenoxy) is 1. The van der Waals surface area contributed by atoms with E-state index >= 15 is 0 Å². The van der Waals surface area contributed by atoms with Gasteiger partial charge in [-0.25, -0.2) is 0 Å². The second-order valence-electron chi connectivity index (χ2n) is 2.71. The lowest BCUT2D eigenvalue weighted by atomic mass is 10.5. The first-order chi connectivity index (χ1) is 6.41. The summed E-state index contributed by atoms with van der Waals surface area (Å²) in [5.74, 6) is 4.96. The normalized spacial score (nSPS) is 10.6. The first-order valence-corrected chi connectivity index (χ1v) is 7.46. The largest absolute Gasteiger partial charge is 0.381 e. The van der Waals surface area contributed by atoms with Crippen molar-refractivity contribution in [1.29, 1.82) is 0 Å². The lowest BCUT2D eigenvalue weighted by Gasteiger charge is -2.03. The van der Waals surface area contributed by atoms with E-state index in [1.54, 1.807) is 0 Å². The summed E-state index contributed by atoms with van der Waals surface area (Å²) in [6, 6.07) is 0. The Balaban J connectivity index is 2.76. The standard InChI is InChI=1S/C10H22OS2/c1-3-12-9-5-7-11-8-6-10-13-4-2/h3-10H2,1-2H3. The van der Waals surface area contributed by atoms with E-state index in [1.807, 2.05) is 23.5 Å². The average molecular weight is 222 g/mol. The van der Waals surface area contributed by atoms with Crippen molar-refractivity contribution in [3.8, 4) is 0 Å². The van der Waals surface area contributed by atoms with E-state index in [0.717, 1.165) is 13.2 Å². The quantitative estimate of drug-likeness (QED) is 0.525. The summed E-state index contributed by atoms with van der Waals surface area (Å²) >= 11 is 3.99. The molecule has 0 aliphatic heterocycles. The Labute approximate surface area is 91.4 Å². The highest BCUT2D eigenvalue weighted by atomic mass is 32.2. The van der Waals surface area contributed by atoms with Crippen LogP contribution in [0, 0.1) is 0 Å². The van der Waals surface area contributed by atoms with Gasteiger partial charge in [-0.1, -0.05) is 13.8 Å². The molecule has 0 bridgehead atoms. The van der Waals surface area contributed by atoms with E-state index < -0.39 is 0 Å². The van der Waals surface area contributed by atoms with Crippen molar-refractivity contribution < 1.29 is 4.74 Å². The molecule has 0 aliphatic carbocycles. The van der Waals surface area contributed by atoms with Crippen molar-refractivity contribution in [2.45, 2.75) is 26.7 Å². The molecule has 0 saturated carbocycles. The van der Waals surface area contributed by atoms with Gasteiger partial charge in [-0.05, 0) is 35.9 Å². The van der Waals surface area contributed by atoms with Crippen molar-refractivity contribution in [2.75, 3.05) is 36.2 Å². The third-order valence-electron chi connectivity index (χ3n) is 1.56. The molecule has 80 valence electrons. The molecule has 0 atom stereocenters. The number of rotatable bonds is 10. The molecule has 0 aromatic carbocycles. The minimum atomic E-state index is 0.948. The topological polar surface area (TPSA) is 9.23 Å². The fourth-order valence-corrected chi connectivity index (χ4v) is 2.14. The molecule has 0 radical (unpaired) electrons. The van der Waals surface area contributed by atoms with Gasteiger partial charge in [0.25, 0.3) is 0 Å². The predicted octanol–water partition coefficient (Wildman–Crippen LogP) is 3.29. The highest BCUT2D eigenvalue weighted by Gasteiger charge is 1.90. The molecule has 0 rings (SSSR count). The fourth-order valence-electron chi connectivity index (χ4n) is 0.917. The summed E-state index contributed by atoms with van der Waals surface area (Å²) in [6.45, 7) is 6.30. The Morgan fingerprint density at radius 1 is 0.846 bits per heavy atom. The van der Waals surface area contributed by atoms with Gasteiger partial charge < -0.3 is 4.74 Å². The van der Waals surface area contributed by atoms with Gasteiger partial charge in [-0.3, -0.25) is 0 Å². The summed E-state index contributed by atoms with van der Waals surface area (Å²) in [5.41, 5.74) is 0. The van der Waals surface area contributed by atoms with Crippen molar-refractivity contribution in [2.24, 2.45) is 0 Å². The summed E-state index contributed by atoms with van der Waals surface area (Å²) < 4.78 is 5.50. The SMILES string of the molecule is CCSCCCOCCCSCC. The maximum absolute atomic E-state index is 5.50. The molecule has 0 aromatic rings. The molecule has 0 unspecified atom stereocenters. The number of thioether (sulfide) groups is 2. The van der Waals surface area contributed by atoms with Crippen LogP contribution in [0.4, 0.5) is 0 Å². The van der Waals surface area contributed by atoms with Crippen molar-refractivity contribution in [3.63, 3.8) is 0 Å². The summed E-state index contributed by atoms with van der Waals surface area (Å²) in [6.07, 6.45) is 2.42. The van der Waals surface area contributed by atoms with Gasteiger partial charge in [0, 0.05) is 13.2 Å². The van der Waals surface area contributed by atoms with Crippen LogP contribution in [0.5, 0.6) is 0 Å². The van der Waals surface area contributed by atoms with Crippen LogP contribution in [0.3, 0.4) is 0 Å². The van der Waals surface area contributed by atoms with E-state index in [9.17, 15) is 0 Å². The third-order valence-corrected chi connectivity index (χ3v) is 3.53. The van der Waals surface area contributed by atoms with Crippen LogP contribution in [0.15, 0.2) is 0 Å². The van der Waals surface area contributed by atoms with Crippen LogP contribution >= 0.6 is 23.5 Å². The van der Waals surface area contributed by atoms with Crippen LogP contribution in [0.1, 0.15) is 26.7 Å². The molecular formula is C10H22OS2. The molecule has 0 aromatic heterocycles. The second-order valence-corrected chi connectivity index (χ2v) is 5.50. The number of hydrogen-bond donors (Lipinski definition) is 0. The van der Waals surface area contributed by atoms with Gasteiger partial charge in [0.15, 0.2) is 0 Å². The van der Waals surface area contributed by atoms with E-state index in [1.165, 1.54) is 35.9 Å². The van der Waals surface area contributed by atoms with Crippen LogP contribution in [-0.2, 0) is 4.74 Å². The first-order valence-electron chi connectivity index (χ1n) is 5.15. The molecule has 0 spiro atoms. The molecule has 0 saturated heterocycles. The maximum Gasteiger partial charge on any atom is 0.0473 e. The van der Waals surface area contributed by atoms with Crippen LogP contribution in [0.2, 0.25) is 0 Å². The second kappa shape index (κ2) is 12.7. The Hall–Kier alpha value is 0.660. The minimum absolute atomic E-state index is 0.948. The summed E-state index contributed by atoms with van der Waals surface area (Å²) in [5, 5.41) is 0. The Kier molecular flexibility index (Phi) is 13.3. The molecule has 0 fully saturated rings. The smallest absolute Gasteiger partial charge is 0.0473 e. The molecule has 1 nitrogen and oxygen atoms in total. The van der Waals surface area contributed by atoms with E-state index in [0.29, 0.717) is 0 Å². The molecule has 0 heterocycles. The molecule has 0 amide bonds. The van der Waals surface area contributed by atoms with Gasteiger partial charge in [0.1, 0.15) is 0 Å². The van der Waals surface area contributed by atoms with Crippen molar-refractivity contribution >= 4 is 23.5 Å². The highest BCUT2D eigenvalue weighted by molar-refractivity contribution is 7.99. The minimum Gasteiger partial charge on any atom is -0.381 e. The molecule has 3 heteroatoms. The van der Waals surface area contributed by atoms with Crippen molar-refractivity contribution in [3.05, 3.63) is 0 Å². The predicted molar refractivity (Wildman–Crippen MR) is 66.1 cm³/mol.